The first kappa shape index (κ1) is 19.5. The molecule has 0 spiro atoms. The molecule has 1 aliphatic heterocycles. The van der Waals surface area contributed by atoms with Gasteiger partial charge in [-0.3, -0.25) is 9.59 Å². The van der Waals surface area contributed by atoms with Crippen molar-refractivity contribution in [2.75, 3.05) is 18.6 Å². The van der Waals surface area contributed by atoms with Crippen LogP contribution in [0.5, 0.6) is 5.75 Å². The van der Waals surface area contributed by atoms with Crippen molar-refractivity contribution in [1.29, 1.82) is 0 Å². The Bertz CT molecular complexity index is 1090. The molecule has 0 unspecified atom stereocenters. The maximum absolute atomic E-state index is 13.4. The van der Waals surface area contributed by atoms with E-state index < -0.39 is 0 Å². The zero-order valence-electron chi connectivity index (χ0n) is 16.7. The molecule has 1 N–H and O–H groups in total. The number of para-hydroxylation sites is 1. The summed E-state index contributed by atoms with van der Waals surface area (Å²) in [5.41, 5.74) is 3.53. The highest BCUT2D eigenvalue weighted by atomic mass is 16.5. The smallest absolute Gasteiger partial charge is 0.274 e. The second-order valence-electron chi connectivity index (χ2n) is 6.99. The van der Waals surface area contributed by atoms with Gasteiger partial charge in [0.25, 0.3) is 11.8 Å². The van der Waals surface area contributed by atoms with Crippen LogP contribution < -0.4 is 15.0 Å². The molecule has 0 bridgehead atoms. The van der Waals surface area contributed by atoms with Gasteiger partial charge < -0.3 is 15.0 Å². The van der Waals surface area contributed by atoms with E-state index in [9.17, 15) is 9.59 Å². The Kier molecular flexibility index (Phi) is 5.61. The van der Waals surface area contributed by atoms with Crippen molar-refractivity contribution in [3.05, 3.63) is 101 Å². The molecule has 0 atom stereocenters. The second-order valence-corrected chi connectivity index (χ2v) is 6.99. The van der Waals surface area contributed by atoms with Crippen LogP contribution in [-0.4, -0.2) is 25.5 Å². The lowest BCUT2D eigenvalue weighted by molar-refractivity contribution is -0.115. The van der Waals surface area contributed by atoms with E-state index in [2.05, 4.69) is 5.32 Å². The maximum atomic E-state index is 13.4. The number of benzene rings is 3. The van der Waals surface area contributed by atoms with Crippen molar-refractivity contribution in [3.63, 3.8) is 0 Å². The Morgan fingerprint density at radius 2 is 1.63 bits per heavy atom. The van der Waals surface area contributed by atoms with E-state index in [1.165, 1.54) is 0 Å². The van der Waals surface area contributed by atoms with E-state index >= 15 is 0 Å². The van der Waals surface area contributed by atoms with E-state index in [1.54, 1.807) is 42.4 Å². The summed E-state index contributed by atoms with van der Waals surface area (Å²) in [6.45, 7) is 0.583. The maximum Gasteiger partial charge on any atom is 0.274 e. The molecule has 3 aromatic rings. The van der Waals surface area contributed by atoms with E-state index in [-0.39, 0.29) is 17.5 Å². The molecule has 0 saturated carbocycles. The Hall–Kier alpha value is -3.86. The van der Waals surface area contributed by atoms with Gasteiger partial charge in [0.1, 0.15) is 11.4 Å². The van der Waals surface area contributed by atoms with E-state index in [4.69, 9.17) is 4.74 Å². The molecule has 5 heteroatoms. The monoisotopic (exact) mass is 398 g/mol. The van der Waals surface area contributed by atoms with Crippen LogP contribution in [0.4, 0.5) is 5.69 Å². The van der Waals surface area contributed by atoms with E-state index in [1.807, 2.05) is 54.6 Å². The number of nitrogens with zero attached hydrogens (tertiary/aromatic N) is 1. The van der Waals surface area contributed by atoms with Crippen LogP contribution in [0, 0.1) is 0 Å². The first-order valence-electron chi connectivity index (χ1n) is 9.77. The number of amides is 2. The van der Waals surface area contributed by atoms with Crippen LogP contribution in [-0.2, 0) is 11.2 Å². The zero-order chi connectivity index (χ0) is 20.9. The van der Waals surface area contributed by atoms with E-state index in [0.29, 0.717) is 12.1 Å². The second kappa shape index (κ2) is 8.66. The fourth-order valence-electron chi connectivity index (χ4n) is 3.50. The van der Waals surface area contributed by atoms with Gasteiger partial charge in [-0.15, -0.1) is 0 Å². The van der Waals surface area contributed by atoms with E-state index in [0.717, 1.165) is 29.0 Å². The molecule has 0 fully saturated rings. The number of fused-ring (bicyclic) bond motifs is 1. The summed E-state index contributed by atoms with van der Waals surface area (Å²) in [6, 6.07) is 24.0. The first-order valence-corrected chi connectivity index (χ1v) is 9.77. The largest absolute Gasteiger partial charge is 0.497 e. The molecule has 5 nitrogen and oxygen atoms in total. The minimum atomic E-state index is -0.323. The number of ether oxygens (including phenoxy) is 1. The van der Waals surface area contributed by atoms with Gasteiger partial charge >= 0.3 is 0 Å². The van der Waals surface area contributed by atoms with Crippen molar-refractivity contribution in [2.45, 2.75) is 6.42 Å². The van der Waals surface area contributed by atoms with Gasteiger partial charge in [-0.05, 0) is 54.0 Å². The number of rotatable bonds is 5. The fraction of sp³-hybridized carbons (Fsp3) is 0.120. The van der Waals surface area contributed by atoms with Crippen LogP contribution in [0.3, 0.4) is 0 Å². The third-order valence-electron chi connectivity index (χ3n) is 5.07. The third kappa shape index (κ3) is 4.10. The Labute approximate surface area is 175 Å². The number of anilines is 1. The summed E-state index contributed by atoms with van der Waals surface area (Å²) >= 11 is 0. The summed E-state index contributed by atoms with van der Waals surface area (Å²) in [5, 5.41) is 2.82. The lowest BCUT2D eigenvalue weighted by atomic mass is 10.1. The van der Waals surface area contributed by atoms with Gasteiger partial charge in [-0.25, -0.2) is 0 Å². The highest BCUT2D eigenvalue weighted by Gasteiger charge is 2.27. The zero-order valence-corrected chi connectivity index (χ0v) is 16.7. The predicted octanol–water partition coefficient (Wildman–Crippen LogP) is 4.06. The topological polar surface area (TPSA) is 58.6 Å². The Morgan fingerprint density at radius 3 is 2.37 bits per heavy atom. The predicted molar refractivity (Wildman–Crippen MR) is 117 cm³/mol. The molecular weight excluding hydrogens is 376 g/mol. The Morgan fingerprint density at radius 1 is 0.933 bits per heavy atom. The molecule has 2 amide bonds. The van der Waals surface area contributed by atoms with Gasteiger partial charge in [-0.1, -0.05) is 48.5 Å². The molecule has 1 aliphatic rings. The lowest BCUT2D eigenvalue weighted by Gasteiger charge is -2.20. The molecule has 4 rings (SSSR count). The van der Waals surface area contributed by atoms with Gasteiger partial charge in [-0.2, -0.15) is 0 Å². The molecule has 0 radical (unpaired) electrons. The molecule has 1 heterocycles. The summed E-state index contributed by atoms with van der Waals surface area (Å²) in [6.07, 6.45) is 2.49. The number of carbonyl (C=O) groups excluding carboxylic acids is 2. The molecule has 0 aliphatic carbocycles. The van der Waals surface area contributed by atoms with Gasteiger partial charge in [0.2, 0.25) is 0 Å². The van der Waals surface area contributed by atoms with Crippen molar-refractivity contribution in [2.24, 2.45) is 0 Å². The van der Waals surface area contributed by atoms with Crippen molar-refractivity contribution in [3.8, 4) is 5.75 Å². The number of hydrogen-bond acceptors (Lipinski definition) is 3. The van der Waals surface area contributed by atoms with Crippen LogP contribution in [0.15, 0.2) is 84.6 Å². The van der Waals surface area contributed by atoms with Crippen molar-refractivity contribution < 1.29 is 14.3 Å². The summed E-state index contributed by atoms with van der Waals surface area (Å²) in [4.78, 5) is 27.9. The van der Waals surface area contributed by atoms with Crippen LogP contribution in [0.2, 0.25) is 0 Å². The first-order chi connectivity index (χ1) is 14.7. The number of carbonyl (C=O) groups is 2. The summed E-state index contributed by atoms with van der Waals surface area (Å²) in [7, 11) is 1.60. The van der Waals surface area contributed by atoms with Crippen molar-refractivity contribution >= 4 is 23.6 Å². The molecular formula is C25H22N2O3. The molecule has 3 aromatic carbocycles. The molecule has 0 saturated heterocycles. The van der Waals surface area contributed by atoms with Crippen LogP contribution >= 0.6 is 0 Å². The highest BCUT2D eigenvalue weighted by Crippen LogP contribution is 2.28. The van der Waals surface area contributed by atoms with Gasteiger partial charge in [0.15, 0.2) is 0 Å². The highest BCUT2D eigenvalue weighted by molar-refractivity contribution is 6.12. The van der Waals surface area contributed by atoms with Crippen LogP contribution in [0.1, 0.15) is 21.5 Å². The summed E-state index contributed by atoms with van der Waals surface area (Å²) in [5.74, 6) is 0.165. The molecule has 150 valence electrons. The minimum absolute atomic E-state index is 0.228. The summed E-state index contributed by atoms with van der Waals surface area (Å²) < 4.78 is 5.20. The van der Waals surface area contributed by atoms with Gasteiger partial charge in [0.05, 0.1) is 7.11 Å². The lowest BCUT2D eigenvalue weighted by Crippen LogP contribution is -2.37. The number of nitrogens with one attached hydrogen (secondary N) is 1. The normalized spacial score (nSPS) is 13.0. The SMILES string of the molecule is COc1ccc(/C=C(/NC(=O)c2ccccc2)C(=O)N2CCc3ccccc32)cc1. The fourth-order valence-corrected chi connectivity index (χ4v) is 3.50. The van der Waals surface area contributed by atoms with Crippen molar-refractivity contribution in [1.82, 2.24) is 5.32 Å². The molecule has 0 aromatic heterocycles. The third-order valence-corrected chi connectivity index (χ3v) is 5.07. The Balaban J connectivity index is 1.67. The molecule has 30 heavy (non-hydrogen) atoms. The standard InChI is InChI=1S/C25H22N2O3/c1-30-21-13-11-18(12-14-21)17-22(26-24(28)20-8-3-2-4-9-20)25(29)27-16-15-19-7-5-6-10-23(19)27/h2-14,17H,15-16H2,1H3,(H,26,28)/b22-17+. The number of hydrogen-bond donors (Lipinski definition) is 1. The quantitative estimate of drug-likeness (QED) is 0.660. The van der Waals surface area contributed by atoms with Gasteiger partial charge in [0, 0.05) is 17.8 Å². The average Bonchev–Trinajstić information content (AvgIpc) is 3.23. The average molecular weight is 398 g/mol. The minimum Gasteiger partial charge on any atom is -0.497 e. The van der Waals surface area contributed by atoms with Crippen LogP contribution in [0.25, 0.3) is 6.08 Å². The number of methoxy groups -OCH3 is 1.